The second-order valence-corrected chi connectivity index (χ2v) is 5.87. The Morgan fingerprint density at radius 3 is 2.40 bits per heavy atom. The molecule has 132 valence electrons. The number of esters is 1. The van der Waals surface area contributed by atoms with Gasteiger partial charge in [0.25, 0.3) is 0 Å². The molecule has 0 radical (unpaired) electrons. The van der Waals surface area contributed by atoms with E-state index >= 15 is 0 Å². The molecule has 0 bridgehead atoms. The molecule has 25 heavy (non-hydrogen) atoms. The van der Waals surface area contributed by atoms with Crippen molar-refractivity contribution in [1.82, 2.24) is 4.98 Å². The van der Waals surface area contributed by atoms with E-state index in [1.165, 1.54) is 6.92 Å². The average molecular weight is 343 g/mol. The maximum Gasteiger partial charge on any atom is 0.344 e. The van der Waals surface area contributed by atoms with Gasteiger partial charge in [-0.25, -0.2) is 4.79 Å². The number of hydrogen-bond acceptors (Lipinski definition) is 5. The van der Waals surface area contributed by atoms with Gasteiger partial charge in [-0.05, 0) is 51.0 Å². The number of ketones is 2. The van der Waals surface area contributed by atoms with E-state index in [1.54, 1.807) is 26.0 Å². The Hall–Kier alpha value is -2.89. The Morgan fingerprint density at radius 1 is 1.08 bits per heavy atom. The molecule has 0 atom stereocenters. The van der Waals surface area contributed by atoms with Gasteiger partial charge in [-0.15, -0.1) is 0 Å². The predicted octanol–water partition coefficient (Wildman–Crippen LogP) is 2.95. The van der Waals surface area contributed by atoms with Gasteiger partial charge >= 0.3 is 5.97 Å². The van der Waals surface area contributed by atoms with Gasteiger partial charge in [0.15, 0.2) is 19.0 Å². The summed E-state index contributed by atoms with van der Waals surface area (Å²) < 4.78 is 10.3. The van der Waals surface area contributed by atoms with Gasteiger partial charge < -0.3 is 14.5 Å². The normalized spacial score (nSPS) is 10.4. The molecule has 0 unspecified atom stereocenters. The van der Waals surface area contributed by atoms with Crippen molar-refractivity contribution in [3.8, 4) is 5.75 Å². The fourth-order valence-corrected chi connectivity index (χ4v) is 2.66. The number of H-pyrrole nitrogens is 1. The highest BCUT2D eigenvalue weighted by atomic mass is 16.6. The van der Waals surface area contributed by atoms with E-state index in [0.717, 1.165) is 5.56 Å². The summed E-state index contributed by atoms with van der Waals surface area (Å²) in [7, 11) is 0. The van der Waals surface area contributed by atoms with E-state index in [4.69, 9.17) is 9.47 Å². The van der Waals surface area contributed by atoms with E-state index in [-0.39, 0.29) is 18.1 Å². The van der Waals surface area contributed by atoms with Crippen LogP contribution in [0.2, 0.25) is 0 Å². The average Bonchev–Trinajstić information content (AvgIpc) is 2.85. The minimum Gasteiger partial charge on any atom is -0.482 e. The smallest absolute Gasteiger partial charge is 0.344 e. The first kappa shape index (κ1) is 18.4. The van der Waals surface area contributed by atoms with Crippen LogP contribution in [0.4, 0.5) is 0 Å². The molecule has 1 aromatic heterocycles. The van der Waals surface area contributed by atoms with E-state index < -0.39 is 18.4 Å². The highest BCUT2D eigenvalue weighted by Gasteiger charge is 2.20. The largest absolute Gasteiger partial charge is 0.482 e. The number of carbonyl (C=O) groups excluding carboxylic acids is 3. The van der Waals surface area contributed by atoms with Crippen LogP contribution in [0.25, 0.3) is 0 Å². The molecule has 0 fully saturated rings. The Kier molecular flexibility index (Phi) is 5.75. The third-order valence-corrected chi connectivity index (χ3v) is 3.78. The zero-order valence-corrected chi connectivity index (χ0v) is 14.8. The van der Waals surface area contributed by atoms with Crippen LogP contribution in [0.5, 0.6) is 5.75 Å². The molecule has 0 saturated heterocycles. The van der Waals surface area contributed by atoms with Crippen molar-refractivity contribution in [1.29, 1.82) is 0 Å². The van der Waals surface area contributed by atoms with Crippen LogP contribution in [0.3, 0.4) is 0 Å². The zero-order chi connectivity index (χ0) is 18.6. The molecule has 0 aliphatic heterocycles. The standard InChI is InChI=1S/C19H21NO5/c1-11-6-5-7-15(8-11)24-10-17(23)25-9-16(22)19-12(2)18(14(4)21)13(3)20-19/h5-8,20H,9-10H2,1-4H3. The van der Waals surface area contributed by atoms with Gasteiger partial charge in [0, 0.05) is 11.3 Å². The summed E-state index contributed by atoms with van der Waals surface area (Å²) in [5.74, 6) is -0.585. The molecule has 0 aliphatic carbocycles. The molecule has 1 N–H and O–H groups in total. The number of Topliss-reactive ketones (excluding diaryl/α,β-unsaturated/α-hetero) is 2. The van der Waals surface area contributed by atoms with Crippen molar-refractivity contribution < 1.29 is 23.9 Å². The fourth-order valence-electron chi connectivity index (χ4n) is 2.66. The number of aromatic amines is 1. The van der Waals surface area contributed by atoms with Crippen LogP contribution >= 0.6 is 0 Å². The first-order valence-corrected chi connectivity index (χ1v) is 7.88. The van der Waals surface area contributed by atoms with Crippen molar-refractivity contribution >= 4 is 17.5 Å². The maximum absolute atomic E-state index is 12.2. The number of ether oxygens (including phenoxy) is 2. The molecule has 2 rings (SSSR count). The summed E-state index contributed by atoms with van der Waals surface area (Å²) in [6.07, 6.45) is 0. The van der Waals surface area contributed by atoms with Crippen molar-refractivity contribution in [3.63, 3.8) is 0 Å². The molecule has 2 aromatic rings. The van der Waals surface area contributed by atoms with Gasteiger partial charge in [-0.2, -0.15) is 0 Å². The minimum atomic E-state index is -0.637. The first-order valence-electron chi connectivity index (χ1n) is 7.88. The number of carbonyl (C=O) groups is 3. The number of rotatable bonds is 7. The Morgan fingerprint density at radius 2 is 1.80 bits per heavy atom. The van der Waals surface area contributed by atoms with E-state index in [1.807, 2.05) is 19.1 Å². The summed E-state index contributed by atoms with van der Waals surface area (Å²) in [4.78, 5) is 38.4. The molecule has 0 saturated carbocycles. The Bertz CT molecular complexity index is 819. The lowest BCUT2D eigenvalue weighted by atomic mass is 10.1. The van der Waals surface area contributed by atoms with Gasteiger partial charge in [-0.1, -0.05) is 12.1 Å². The lowest BCUT2D eigenvalue weighted by Gasteiger charge is -2.07. The first-order chi connectivity index (χ1) is 11.8. The maximum atomic E-state index is 12.2. The number of nitrogens with one attached hydrogen (secondary N) is 1. The molecule has 1 heterocycles. The van der Waals surface area contributed by atoms with Crippen LogP contribution < -0.4 is 4.74 Å². The molecule has 0 amide bonds. The predicted molar refractivity (Wildman–Crippen MR) is 92.2 cm³/mol. The number of benzene rings is 1. The number of aryl methyl sites for hydroxylation is 2. The van der Waals surface area contributed by atoms with Crippen molar-refractivity contribution in [2.24, 2.45) is 0 Å². The third-order valence-electron chi connectivity index (χ3n) is 3.78. The van der Waals surface area contributed by atoms with Gasteiger partial charge in [-0.3, -0.25) is 9.59 Å². The van der Waals surface area contributed by atoms with E-state index in [9.17, 15) is 14.4 Å². The van der Waals surface area contributed by atoms with E-state index in [0.29, 0.717) is 22.6 Å². The van der Waals surface area contributed by atoms with Crippen molar-refractivity contribution in [3.05, 3.63) is 52.3 Å². The summed E-state index contributed by atoms with van der Waals surface area (Å²) in [5, 5.41) is 0. The summed E-state index contributed by atoms with van der Waals surface area (Å²) in [5.41, 5.74) is 3.00. The van der Waals surface area contributed by atoms with Crippen LogP contribution in [-0.4, -0.2) is 35.7 Å². The summed E-state index contributed by atoms with van der Waals surface area (Å²) in [6, 6.07) is 7.27. The van der Waals surface area contributed by atoms with E-state index in [2.05, 4.69) is 4.98 Å². The van der Waals surface area contributed by atoms with Crippen molar-refractivity contribution in [2.75, 3.05) is 13.2 Å². The van der Waals surface area contributed by atoms with Gasteiger partial charge in [0.05, 0.1) is 5.69 Å². The molecular formula is C19H21NO5. The number of hydrogen-bond donors (Lipinski definition) is 1. The molecule has 0 aliphatic rings. The second kappa shape index (κ2) is 7.79. The van der Waals surface area contributed by atoms with Crippen LogP contribution in [-0.2, 0) is 9.53 Å². The molecule has 1 aromatic carbocycles. The lowest BCUT2D eigenvalue weighted by Crippen LogP contribution is -2.20. The number of aromatic nitrogens is 1. The quantitative estimate of drug-likeness (QED) is 0.617. The second-order valence-electron chi connectivity index (χ2n) is 5.87. The molecule has 6 heteroatoms. The van der Waals surface area contributed by atoms with Crippen molar-refractivity contribution in [2.45, 2.75) is 27.7 Å². The van der Waals surface area contributed by atoms with Gasteiger partial charge in [0.1, 0.15) is 5.75 Å². The highest BCUT2D eigenvalue weighted by Crippen LogP contribution is 2.19. The molecular weight excluding hydrogens is 322 g/mol. The zero-order valence-electron chi connectivity index (χ0n) is 14.8. The molecule has 0 spiro atoms. The van der Waals surface area contributed by atoms with Crippen LogP contribution in [0.15, 0.2) is 24.3 Å². The molecule has 6 nitrogen and oxygen atoms in total. The summed E-state index contributed by atoms with van der Waals surface area (Å²) >= 11 is 0. The Balaban J connectivity index is 1.90. The monoisotopic (exact) mass is 343 g/mol. The lowest BCUT2D eigenvalue weighted by molar-refractivity contribution is -0.144. The minimum absolute atomic E-state index is 0.117. The topological polar surface area (TPSA) is 85.5 Å². The fraction of sp³-hybridized carbons (Fsp3) is 0.316. The third kappa shape index (κ3) is 4.56. The SMILES string of the molecule is CC(=O)c1c(C)[nH]c(C(=O)COC(=O)COc2cccc(C)c2)c1C. The highest BCUT2D eigenvalue weighted by molar-refractivity contribution is 6.04. The summed E-state index contributed by atoms with van der Waals surface area (Å²) in [6.45, 7) is 6.09. The Labute approximate surface area is 146 Å². The van der Waals surface area contributed by atoms with Gasteiger partial charge in [0.2, 0.25) is 5.78 Å². The van der Waals surface area contributed by atoms with Crippen LogP contribution in [0.1, 0.15) is 44.6 Å². The van der Waals surface area contributed by atoms with Crippen LogP contribution in [0, 0.1) is 20.8 Å².